The molecule has 1 aromatic carbocycles. The van der Waals surface area contributed by atoms with Crippen LogP contribution >= 0.6 is 11.6 Å². The number of hydrogen-bond acceptors (Lipinski definition) is 5. The van der Waals surface area contributed by atoms with E-state index in [9.17, 15) is 14.4 Å². The van der Waals surface area contributed by atoms with Crippen LogP contribution in [0.1, 0.15) is 22.1 Å². The lowest BCUT2D eigenvalue weighted by molar-refractivity contribution is 0.0162. The maximum Gasteiger partial charge on any atom is 0.328 e. The lowest BCUT2D eigenvalue weighted by Crippen LogP contribution is -2.44. The van der Waals surface area contributed by atoms with E-state index in [-0.39, 0.29) is 11.7 Å². The van der Waals surface area contributed by atoms with Gasteiger partial charge in [0.2, 0.25) is 0 Å². The summed E-state index contributed by atoms with van der Waals surface area (Å²) in [6.45, 7) is 3.05. The number of benzene rings is 1. The number of morpholine rings is 1. The highest BCUT2D eigenvalue weighted by Crippen LogP contribution is 2.23. The molecule has 0 radical (unpaired) electrons. The van der Waals surface area contributed by atoms with Crippen LogP contribution in [-0.4, -0.2) is 53.2 Å². The molecule has 0 saturated carbocycles. The van der Waals surface area contributed by atoms with Gasteiger partial charge in [-0.15, -0.1) is 0 Å². The number of halogens is 1. The van der Waals surface area contributed by atoms with Gasteiger partial charge >= 0.3 is 5.69 Å². The van der Waals surface area contributed by atoms with Crippen molar-refractivity contribution < 1.29 is 9.53 Å². The van der Waals surface area contributed by atoms with Crippen molar-refractivity contribution >= 4 is 17.5 Å². The minimum atomic E-state index is -0.630. The van der Waals surface area contributed by atoms with E-state index in [1.807, 2.05) is 24.3 Å². The van der Waals surface area contributed by atoms with Crippen LogP contribution in [-0.2, 0) is 11.8 Å². The molecule has 0 aliphatic carbocycles. The number of amides is 1. The number of nitrogens with zero attached hydrogens (tertiary/aromatic N) is 2. The third-order valence-electron chi connectivity index (χ3n) is 4.59. The second-order valence-corrected chi connectivity index (χ2v) is 6.75. The lowest BCUT2D eigenvalue weighted by Gasteiger charge is -2.35. The first-order valence-electron chi connectivity index (χ1n) is 8.61. The molecule has 0 unspecified atom stereocenters. The number of carbonyl (C=O) groups is 1. The Hall–Kier alpha value is -2.42. The minimum absolute atomic E-state index is 0.0556. The van der Waals surface area contributed by atoms with E-state index in [1.54, 1.807) is 0 Å². The highest BCUT2D eigenvalue weighted by atomic mass is 35.5. The van der Waals surface area contributed by atoms with E-state index >= 15 is 0 Å². The van der Waals surface area contributed by atoms with Gasteiger partial charge in [0.1, 0.15) is 5.69 Å². The Morgan fingerprint density at radius 3 is 2.56 bits per heavy atom. The zero-order valence-corrected chi connectivity index (χ0v) is 15.7. The van der Waals surface area contributed by atoms with Gasteiger partial charge in [-0.25, -0.2) is 4.79 Å². The summed E-state index contributed by atoms with van der Waals surface area (Å²) in [6, 6.07) is 8.51. The zero-order chi connectivity index (χ0) is 19.4. The fourth-order valence-corrected chi connectivity index (χ4v) is 3.12. The largest absolute Gasteiger partial charge is 0.379 e. The van der Waals surface area contributed by atoms with Crippen LogP contribution in [0.2, 0.25) is 5.02 Å². The number of rotatable bonds is 5. The van der Waals surface area contributed by atoms with Crippen molar-refractivity contribution in [1.29, 1.82) is 0 Å². The van der Waals surface area contributed by atoms with Crippen LogP contribution < -0.4 is 16.6 Å². The van der Waals surface area contributed by atoms with Gasteiger partial charge in [-0.3, -0.25) is 19.1 Å². The zero-order valence-electron chi connectivity index (χ0n) is 14.9. The molecular formula is C18H21ClN4O4. The summed E-state index contributed by atoms with van der Waals surface area (Å²) < 4.78 is 6.31. The summed E-state index contributed by atoms with van der Waals surface area (Å²) in [5.41, 5.74) is -0.208. The smallest absolute Gasteiger partial charge is 0.328 e. The highest BCUT2D eigenvalue weighted by molar-refractivity contribution is 6.30. The van der Waals surface area contributed by atoms with E-state index < -0.39 is 17.2 Å². The Labute approximate surface area is 160 Å². The molecule has 27 heavy (non-hydrogen) atoms. The van der Waals surface area contributed by atoms with Crippen LogP contribution in [0.4, 0.5) is 0 Å². The normalized spacial score (nSPS) is 16.1. The van der Waals surface area contributed by atoms with E-state index in [1.165, 1.54) is 7.05 Å². The first-order valence-corrected chi connectivity index (χ1v) is 8.99. The van der Waals surface area contributed by atoms with Gasteiger partial charge in [0.05, 0.1) is 19.3 Å². The number of H-pyrrole nitrogens is 1. The SMILES string of the molecule is Cn1c(=O)cc(C(=O)NC[C@H](c2ccc(Cl)cc2)N2CCOCC2)[nH]c1=O. The molecule has 9 heteroatoms. The minimum Gasteiger partial charge on any atom is -0.379 e. The number of carbonyl (C=O) groups excluding carboxylic acids is 1. The topological polar surface area (TPSA) is 96.4 Å². The first-order chi connectivity index (χ1) is 13.0. The Morgan fingerprint density at radius 2 is 1.93 bits per heavy atom. The Kier molecular flexibility index (Phi) is 6.10. The van der Waals surface area contributed by atoms with Gasteiger partial charge in [-0.1, -0.05) is 23.7 Å². The van der Waals surface area contributed by atoms with Crippen molar-refractivity contribution in [2.75, 3.05) is 32.8 Å². The quantitative estimate of drug-likeness (QED) is 0.773. The van der Waals surface area contributed by atoms with E-state index in [2.05, 4.69) is 15.2 Å². The summed E-state index contributed by atoms with van der Waals surface area (Å²) in [5.74, 6) is -0.503. The number of nitrogens with one attached hydrogen (secondary N) is 2. The van der Waals surface area contributed by atoms with Crippen molar-refractivity contribution in [1.82, 2.24) is 19.8 Å². The van der Waals surface area contributed by atoms with E-state index in [4.69, 9.17) is 16.3 Å². The molecule has 2 heterocycles. The molecular weight excluding hydrogens is 372 g/mol. The Bertz CT molecular complexity index is 885. The summed E-state index contributed by atoms with van der Waals surface area (Å²) >= 11 is 5.98. The fraction of sp³-hybridized carbons (Fsp3) is 0.389. The molecule has 2 aromatic rings. The molecule has 0 spiro atoms. The lowest BCUT2D eigenvalue weighted by atomic mass is 10.0. The van der Waals surface area contributed by atoms with Gasteiger partial charge in [0, 0.05) is 37.8 Å². The third kappa shape index (κ3) is 4.65. The molecule has 1 aliphatic rings. The molecule has 1 fully saturated rings. The molecule has 1 aromatic heterocycles. The van der Waals surface area contributed by atoms with E-state index in [0.29, 0.717) is 24.8 Å². The second kappa shape index (κ2) is 8.51. The molecule has 2 N–H and O–H groups in total. The molecule has 1 aliphatic heterocycles. The summed E-state index contributed by atoms with van der Waals surface area (Å²) in [6.07, 6.45) is 0. The van der Waals surface area contributed by atoms with Gasteiger partial charge in [-0.2, -0.15) is 0 Å². The average molecular weight is 393 g/mol. The summed E-state index contributed by atoms with van der Waals surface area (Å²) in [4.78, 5) is 40.5. The summed E-state index contributed by atoms with van der Waals surface area (Å²) in [5, 5.41) is 3.45. The van der Waals surface area contributed by atoms with Crippen LogP contribution in [0.25, 0.3) is 0 Å². The third-order valence-corrected chi connectivity index (χ3v) is 4.84. The standard InChI is InChI=1S/C18H21ClN4O4/c1-22-16(24)10-14(21-18(22)26)17(25)20-11-15(23-6-8-27-9-7-23)12-2-4-13(19)5-3-12/h2-5,10,15H,6-9,11H2,1H3,(H,20,25)(H,21,26)/t15-/m1/s1. The number of aromatic nitrogens is 2. The predicted octanol–water partition coefficient (Wildman–Crippen LogP) is 0.530. The maximum atomic E-state index is 12.4. The van der Waals surface area contributed by atoms with Crippen molar-refractivity contribution in [2.24, 2.45) is 7.05 Å². The van der Waals surface area contributed by atoms with Crippen LogP contribution in [0.3, 0.4) is 0 Å². The Morgan fingerprint density at radius 1 is 1.26 bits per heavy atom. The van der Waals surface area contributed by atoms with Crippen molar-refractivity contribution in [3.8, 4) is 0 Å². The molecule has 3 rings (SSSR count). The van der Waals surface area contributed by atoms with Crippen molar-refractivity contribution in [3.63, 3.8) is 0 Å². The van der Waals surface area contributed by atoms with E-state index in [0.717, 1.165) is 29.3 Å². The molecule has 1 saturated heterocycles. The number of hydrogen-bond donors (Lipinski definition) is 2. The van der Waals surface area contributed by atoms with Gasteiger partial charge in [0.25, 0.3) is 11.5 Å². The van der Waals surface area contributed by atoms with Crippen LogP contribution in [0, 0.1) is 0 Å². The Balaban J connectivity index is 1.77. The molecule has 144 valence electrons. The first kappa shape index (κ1) is 19.3. The van der Waals surface area contributed by atoms with Gasteiger partial charge in [0.15, 0.2) is 0 Å². The number of ether oxygens (including phenoxy) is 1. The predicted molar refractivity (Wildman–Crippen MR) is 101 cm³/mol. The monoisotopic (exact) mass is 392 g/mol. The fourth-order valence-electron chi connectivity index (χ4n) is 2.99. The molecule has 1 amide bonds. The van der Waals surface area contributed by atoms with Crippen molar-refractivity contribution in [2.45, 2.75) is 6.04 Å². The van der Waals surface area contributed by atoms with Crippen LogP contribution in [0.15, 0.2) is 39.9 Å². The number of aromatic amines is 1. The highest BCUT2D eigenvalue weighted by Gasteiger charge is 2.23. The van der Waals surface area contributed by atoms with Crippen LogP contribution in [0.5, 0.6) is 0 Å². The molecule has 0 bridgehead atoms. The average Bonchev–Trinajstić information content (AvgIpc) is 2.68. The maximum absolute atomic E-state index is 12.4. The molecule has 8 nitrogen and oxygen atoms in total. The summed E-state index contributed by atoms with van der Waals surface area (Å²) in [7, 11) is 1.35. The molecule has 1 atom stereocenters. The van der Waals surface area contributed by atoms with Crippen molar-refractivity contribution in [3.05, 3.63) is 67.4 Å². The van der Waals surface area contributed by atoms with Gasteiger partial charge < -0.3 is 15.0 Å². The second-order valence-electron chi connectivity index (χ2n) is 6.31. The van der Waals surface area contributed by atoms with Gasteiger partial charge in [-0.05, 0) is 17.7 Å².